The van der Waals surface area contributed by atoms with E-state index >= 15 is 0 Å². The van der Waals surface area contributed by atoms with Gasteiger partial charge in [0, 0.05) is 5.69 Å². The van der Waals surface area contributed by atoms with Crippen molar-refractivity contribution in [2.75, 3.05) is 20.0 Å². The number of esters is 1. The van der Waals surface area contributed by atoms with Gasteiger partial charge in [0.25, 0.3) is 0 Å². The molecule has 0 aliphatic heterocycles. The largest absolute Gasteiger partial charge is 0.496 e. The lowest BCUT2D eigenvalue weighted by atomic mass is 10.1. The molecular weight excluding hydrogens is 182 g/mol. The van der Waals surface area contributed by atoms with Gasteiger partial charge in [-0.25, -0.2) is 4.79 Å². The van der Waals surface area contributed by atoms with Gasteiger partial charge in [0.15, 0.2) is 0 Å². The van der Waals surface area contributed by atoms with Crippen LogP contribution in [0.1, 0.15) is 15.9 Å². The molecule has 0 saturated heterocycles. The molecule has 0 saturated carbocycles. The second kappa shape index (κ2) is 4.00. The fourth-order valence-electron chi connectivity index (χ4n) is 1.33. The Hall–Kier alpha value is -1.71. The zero-order valence-corrected chi connectivity index (χ0v) is 8.46. The van der Waals surface area contributed by atoms with E-state index in [-0.39, 0.29) is 0 Å². The van der Waals surface area contributed by atoms with Crippen molar-refractivity contribution in [3.05, 3.63) is 23.3 Å². The molecule has 1 rings (SSSR count). The number of hydrogen-bond donors (Lipinski definition) is 1. The Balaban J connectivity index is 3.32. The molecule has 0 amide bonds. The van der Waals surface area contributed by atoms with Gasteiger partial charge in [-0.15, -0.1) is 0 Å². The van der Waals surface area contributed by atoms with Crippen LogP contribution in [-0.2, 0) is 4.74 Å². The summed E-state index contributed by atoms with van der Waals surface area (Å²) in [4.78, 5) is 11.3. The number of anilines is 1. The zero-order chi connectivity index (χ0) is 10.7. The summed E-state index contributed by atoms with van der Waals surface area (Å²) in [5.74, 6) is 0.0586. The molecule has 0 spiro atoms. The Morgan fingerprint density at radius 3 is 2.50 bits per heavy atom. The van der Waals surface area contributed by atoms with Crippen molar-refractivity contribution in [3.8, 4) is 5.75 Å². The van der Waals surface area contributed by atoms with E-state index in [9.17, 15) is 4.79 Å². The van der Waals surface area contributed by atoms with Crippen molar-refractivity contribution in [2.45, 2.75) is 6.92 Å². The molecule has 14 heavy (non-hydrogen) atoms. The van der Waals surface area contributed by atoms with Gasteiger partial charge < -0.3 is 15.2 Å². The molecule has 0 radical (unpaired) electrons. The number of carbonyl (C=O) groups is 1. The summed E-state index contributed by atoms with van der Waals surface area (Å²) in [5, 5.41) is 0. The monoisotopic (exact) mass is 195 g/mol. The minimum Gasteiger partial charge on any atom is -0.496 e. The Morgan fingerprint density at radius 2 is 2.00 bits per heavy atom. The van der Waals surface area contributed by atoms with Crippen LogP contribution in [0.5, 0.6) is 5.75 Å². The van der Waals surface area contributed by atoms with Crippen LogP contribution in [0, 0.1) is 6.92 Å². The molecule has 0 bridgehead atoms. The number of hydrogen-bond acceptors (Lipinski definition) is 4. The van der Waals surface area contributed by atoms with E-state index in [1.165, 1.54) is 20.3 Å². The summed E-state index contributed by atoms with van der Waals surface area (Å²) < 4.78 is 9.71. The van der Waals surface area contributed by atoms with Gasteiger partial charge in [0.1, 0.15) is 11.3 Å². The zero-order valence-electron chi connectivity index (χ0n) is 8.46. The number of aryl methyl sites for hydroxylation is 1. The molecule has 0 heterocycles. The molecule has 0 unspecified atom stereocenters. The molecule has 0 aliphatic carbocycles. The van der Waals surface area contributed by atoms with E-state index < -0.39 is 5.97 Å². The van der Waals surface area contributed by atoms with Gasteiger partial charge in [-0.3, -0.25) is 0 Å². The van der Waals surface area contributed by atoms with Crippen molar-refractivity contribution in [2.24, 2.45) is 0 Å². The van der Waals surface area contributed by atoms with E-state index in [0.29, 0.717) is 17.0 Å². The number of methoxy groups -OCH3 is 2. The van der Waals surface area contributed by atoms with Crippen LogP contribution in [0.4, 0.5) is 5.69 Å². The SMILES string of the molecule is COC(=O)c1cc(N)cc(C)c1OC. The third-order valence-corrected chi connectivity index (χ3v) is 1.91. The van der Waals surface area contributed by atoms with Gasteiger partial charge in [0.05, 0.1) is 14.2 Å². The lowest BCUT2D eigenvalue weighted by Gasteiger charge is -2.10. The molecule has 76 valence electrons. The molecule has 0 fully saturated rings. The average Bonchev–Trinajstić information content (AvgIpc) is 2.15. The number of ether oxygens (including phenoxy) is 2. The lowest BCUT2D eigenvalue weighted by Crippen LogP contribution is -2.06. The van der Waals surface area contributed by atoms with Crippen LogP contribution in [0.3, 0.4) is 0 Å². The Labute approximate surface area is 82.6 Å². The van der Waals surface area contributed by atoms with Gasteiger partial charge in [-0.2, -0.15) is 0 Å². The van der Waals surface area contributed by atoms with Crippen LogP contribution < -0.4 is 10.5 Å². The van der Waals surface area contributed by atoms with Gasteiger partial charge in [-0.1, -0.05) is 0 Å². The van der Waals surface area contributed by atoms with Crippen molar-refractivity contribution < 1.29 is 14.3 Å². The minimum absolute atomic E-state index is 0.354. The average molecular weight is 195 g/mol. The van der Waals surface area contributed by atoms with Gasteiger partial charge in [-0.05, 0) is 24.6 Å². The number of carbonyl (C=O) groups excluding carboxylic acids is 1. The van der Waals surface area contributed by atoms with E-state index in [0.717, 1.165) is 5.56 Å². The molecule has 1 aromatic carbocycles. The van der Waals surface area contributed by atoms with Crippen molar-refractivity contribution in [1.29, 1.82) is 0 Å². The molecule has 4 nitrogen and oxygen atoms in total. The molecule has 0 aromatic heterocycles. The first-order valence-electron chi connectivity index (χ1n) is 4.12. The summed E-state index contributed by atoms with van der Waals surface area (Å²) in [7, 11) is 2.82. The second-order valence-electron chi connectivity index (χ2n) is 2.91. The summed E-state index contributed by atoms with van der Waals surface area (Å²) in [5.41, 5.74) is 7.30. The fourth-order valence-corrected chi connectivity index (χ4v) is 1.33. The topological polar surface area (TPSA) is 61.5 Å². The summed E-state index contributed by atoms with van der Waals surface area (Å²) in [6.07, 6.45) is 0. The Kier molecular flexibility index (Phi) is 2.96. The van der Waals surface area contributed by atoms with E-state index in [2.05, 4.69) is 4.74 Å². The first-order chi connectivity index (χ1) is 6.60. The normalized spacial score (nSPS) is 9.64. The third-order valence-electron chi connectivity index (χ3n) is 1.91. The van der Waals surface area contributed by atoms with E-state index in [1.54, 1.807) is 6.07 Å². The molecule has 0 aliphatic rings. The highest BCUT2D eigenvalue weighted by Crippen LogP contribution is 2.26. The van der Waals surface area contributed by atoms with Crippen LogP contribution in [0.15, 0.2) is 12.1 Å². The summed E-state index contributed by atoms with van der Waals surface area (Å²) in [6, 6.07) is 3.28. The van der Waals surface area contributed by atoms with Crippen molar-refractivity contribution in [1.82, 2.24) is 0 Å². The third kappa shape index (κ3) is 1.79. The molecule has 0 atom stereocenters. The Bertz CT molecular complexity index is 361. The van der Waals surface area contributed by atoms with E-state index in [4.69, 9.17) is 10.5 Å². The van der Waals surface area contributed by atoms with Crippen LogP contribution in [0.2, 0.25) is 0 Å². The Morgan fingerprint density at radius 1 is 1.36 bits per heavy atom. The molecule has 4 heteroatoms. The van der Waals surface area contributed by atoms with Crippen LogP contribution >= 0.6 is 0 Å². The molecule has 2 N–H and O–H groups in total. The number of nitrogens with two attached hydrogens (primary N) is 1. The second-order valence-corrected chi connectivity index (χ2v) is 2.91. The minimum atomic E-state index is -0.447. The van der Waals surface area contributed by atoms with Gasteiger partial charge in [0.2, 0.25) is 0 Å². The highest BCUT2D eigenvalue weighted by atomic mass is 16.5. The number of benzene rings is 1. The highest BCUT2D eigenvalue weighted by Gasteiger charge is 2.15. The number of rotatable bonds is 2. The first kappa shape index (κ1) is 10.4. The van der Waals surface area contributed by atoms with Crippen molar-refractivity contribution in [3.63, 3.8) is 0 Å². The van der Waals surface area contributed by atoms with Crippen LogP contribution in [0.25, 0.3) is 0 Å². The quantitative estimate of drug-likeness (QED) is 0.572. The maximum absolute atomic E-state index is 11.3. The molecular formula is C10H13NO3. The molecule has 1 aromatic rings. The highest BCUT2D eigenvalue weighted by molar-refractivity contribution is 5.94. The standard InChI is InChI=1S/C10H13NO3/c1-6-4-7(11)5-8(9(6)13-2)10(12)14-3/h4-5H,11H2,1-3H3. The number of nitrogen functional groups attached to an aromatic ring is 1. The fraction of sp³-hybridized carbons (Fsp3) is 0.300. The predicted octanol–water partition coefficient (Wildman–Crippen LogP) is 1.37. The van der Waals surface area contributed by atoms with E-state index in [1.807, 2.05) is 6.92 Å². The predicted molar refractivity (Wildman–Crippen MR) is 53.5 cm³/mol. The lowest BCUT2D eigenvalue weighted by molar-refractivity contribution is 0.0597. The van der Waals surface area contributed by atoms with Gasteiger partial charge >= 0.3 is 5.97 Å². The van der Waals surface area contributed by atoms with Crippen LogP contribution in [-0.4, -0.2) is 20.2 Å². The summed E-state index contributed by atoms with van der Waals surface area (Å²) >= 11 is 0. The first-order valence-corrected chi connectivity index (χ1v) is 4.12. The summed E-state index contributed by atoms with van der Waals surface area (Å²) in [6.45, 7) is 1.82. The maximum Gasteiger partial charge on any atom is 0.341 e. The smallest absolute Gasteiger partial charge is 0.341 e. The van der Waals surface area contributed by atoms with Crippen molar-refractivity contribution >= 4 is 11.7 Å². The maximum atomic E-state index is 11.3.